The van der Waals surface area contributed by atoms with Crippen molar-refractivity contribution in [1.29, 1.82) is 0 Å². The van der Waals surface area contributed by atoms with Crippen LogP contribution < -0.4 is 9.46 Å². The summed E-state index contributed by atoms with van der Waals surface area (Å²) in [5, 5.41) is 8.14. The number of ether oxygens (including phenoxy) is 1. The van der Waals surface area contributed by atoms with Gasteiger partial charge in [-0.25, -0.2) is 8.42 Å². The number of anilines is 1. The fourth-order valence-corrected chi connectivity index (χ4v) is 3.24. The Morgan fingerprint density at radius 2 is 1.96 bits per heavy atom. The molecule has 0 aliphatic heterocycles. The monoisotopic (exact) mass is 360 g/mol. The summed E-state index contributed by atoms with van der Waals surface area (Å²) in [6.07, 6.45) is 1.88. The zero-order valence-electron chi connectivity index (χ0n) is 14.6. The average Bonchev–Trinajstić information content (AvgIpc) is 2.96. The molecule has 25 heavy (non-hydrogen) atoms. The van der Waals surface area contributed by atoms with Gasteiger partial charge < -0.3 is 4.74 Å². The van der Waals surface area contributed by atoms with Crippen LogP contribution in [0.1, 0.15) is 18.3 Å². The van der Waals surface area contributed by atoms with E-state index >= 15 is 0 Å². The Morgan fingerprint density at radius 1 is 1.20 bits per heavy atom. The number of methoxy groups -OCH3 is 1. The Hall–Kier alpha value is -2.61. The number of hydrogen-bond acceptors (Lipinski definition) is 5. The lowest BCUT2D eigenvalue weighted by molar-refractivity contribution is 0.416. The molecule has 0 bridgehead atoms. The molecule has 0 spiro atoms. The molecule has 0 atom stereocenters. The van der Waals surface area contributed by atoms with Crippen molar-refractivity contribution in [2.45, 2.75) is 20.8 Å². The van der Waals surface area contributed by atoms with E-state index in [0.717, 1.165) is 16.7 Å². The summed E-state index contributed by atoms with van der Waals surface area (Å²) in [7, 11) is -1.83. The van der Waals surface area contributed by atoms with Gasteiger partial charge in [-0.1, -0.05) is 11.6 Å². The maximum absolute atomic E-state index is 12.1. The van der Waals surface area contributed by atoms with E-state index in [2.05, 4.69) is 14.9 Å². The fraction of sp³-hybridized carbons (Fsp3) is 0.294. The van der Waals surface area contributed by atoms with Crippen LogP contribution in [-0.4, -0.2) is 35.9 Å². The van der Waals surface area contributed by atoms with Gasteiger partial charge in [-0.3, -0.25) is 9.12 Å². The van der Waals surface area contributed by atoms with Crippen LogP contribution in [0.25, 0.3) is 16.8 Å². The third-order valence-corrected chi connectivity index (χ3v) is 5.28. The number of aryl methyl sites for hydroxylation is 2. The molecule has 0 saturated carbocycles. The molecular weight excluding hydrogens is 340 g/mol. The van der Waals surface area contributed by atoms with Crippen LogP contribution in [0.5, 0.6) is 5.75 Å². The molecule has 0 fully saturated rings. The Labute approximate surface area is 146 Å². The summed E-state index contributed by atoms with van der Waals surface area (Å²) in [6, 6.07) is 7.61. The number of pyridine rings is 1. The van der Waals surface area contributed by atoms with Crippen molar-refractivity contribution >= 4 is 21.4 Å². The van der Waals surface area contributed by atoms with Crippen molar-refractivity contribution in [1.82, 2.24) is 14.6 Å². The van der Waals surface area contributed by atoms with Crippen LogP contribution in [0.2, 0.25) is 0 Å². The van der Waals surface area contributed by atoms with E-state index < -0.39 is 10.0 Å². The zero-order valence-corrected chi connectivity index (χ0v) is 15.4. The maximum atomic E-state index is 12.1. The highest BCUT2D eigenvalue weighted by molar-refractivity contribution is 7.92. The van der Waals surface area contributed by atoms with Gasteiger partial charge in [0.15, 0.2) is 5.65 Å². The van der Waals surface area contributed by atoms with Gasteiger partial charge >= 0.3 is 0 Å². The SMILES string of the molecule is CCS(=O)(=O)Nc1cc(-c2cc(C)ccc2OC)cn2c(C)nnc12. The number of nitrogens with one attached hydrogen (secondary N) is 1. The van der Waals surface area contributed by atoms with Crippen molar-refractivity contribution in [3.8, 4) is 16.9 Å². The quantitative estimate of drug-likeness (QED) is 0.756. The Morgan fingerprint density at radius 3 is 2.64 bits per heavy atom. The highest BCUT2D eigenvalue weighted by atomic mass is 32.2. The molecule has 132 valence electrons. The lowest BCUT2D eigenvalue weighted by Crippen LogP contribution is -2.15. The molecule has 3 rings (SSSR count). The molecule has 0 aliphatic rings. The van der Waals surface area contributed by atoms with E-state index in [4.69, 9.17) is 4.74 Å². The van der Waals surface area contributed by atoms with Gasteiger partial charge in [0, 0.05) is 17.3 Å². The average molecular weight is 360 g/mol. The van der Waals surface area contributed by atoms with Crippen molar-refractivity contribution in [2.75, 3.05) is 17.6 Å². The first-order chi connectivity index (χ1) is 11.8. The first kappa shape index (κ1) is 17.2. The van der Waals surface area contributed by atoms with E-state index in [1.165, 1.54) is 0 Å². The zero-order chi connectivity index (χ0) is 18.2. The Bertz CT molecular complexity index is 1040. The van der Waals surface area contributed by atoms with Crippen LogP contribution >= 0.6 is 0 Å². The van der Waals surface area contributed by atoms with Crippen molar-refractivity contribution in [3.63, 3.8) is 0 Å². The standard InChI is InChI=1S/C17H20N4O3S/c1-5-25(22,23)20-15-9-13(10-21-12(3)18-19-17(15)21)14-8-11(2)6-7-16(14)24-4/h6-10,20H,5H2,1-4H3. The minimum Gasteiger partial charge on any atom is -0.496 e. The van der Waals surface area contributed by atoms with Crippen LogP contribution in [0.15, 0.2) is 30.5 Å². The topological polar surface area (TPSA) is 85.6 Å². The predicted molar refractivity (Wildman–Crippen MR) is 97.5 cm³/mol. The predicted octanol–water partition coefficient (Wildman–Crippen LogP) is 2.78. The summed E-state index contributed by atoms with van der Waals surface area (Å²) in [6.45, 7) is 5.39. The molecule has 0 aliphatic carbocycles. The van der Waals surface area contributed by atoms with Crippen LogP contribution in [0.4, 0.5) is 5.69 Å². The van der Waals surface area contributed by atoms with Crippen LogP contribution in [0.3, 0.4) is 0 Å². The summed E-state index contributed by atoms with van der Waals surface area (Å²) < 4.78 is 33.9. The molecule has 7 nitrogen and oxygen atoms in total. The minimum absolute atomic E-state index is 0.0235. The molecule has 2 aromatic heterocycles. The third kappa shape index (κ3) is 3.30. The molecule has 0 unspecified atom stereocenters. The highest BCUT2D eigenvalue weighted by Gasteiger charge is 2.16. The first-order valence-electron chi connectivity index (χ1n) is 7.85. The van der Waals surface area contributed by atoms with Gasteiger partial charge in [0.25, 0.3) is 0 Å². The normalized spacial score (nSPS) is 11.7. The van der Waals surface area contributed by atoms with Crippen molar-refractivity contribution in [2.24, 2.45) is 0 Å². The number of sulfonamides is 1. The molecule has 0 radical (unpaired) electrons. The molecule has 3 aromatic rings. The van der Waals surface area contributed by atoms with Gasteiger partial charge in [0.2, 0.25) is 10.0 Å². The van der Waals surface area contributed by atoms with E-state index in [1.807, 2.05) is 38.2 Å². The molecular formula is C17H20N4O3S. The lowest BCUT2D eigenvalue weighted by atomic mass is 10.0. The minimum atomic E-state index is -3.44. The van der Waals surface area contributed by atoms with Gasteiger partial charge in [0.05, 0.1) is 18.6 Å². The maximum Gasteiger partial charge on any atom is 0.232 e. The number of benzene rings is 1. The summed E-state index contributed by atoms with van der Waals surface area (Å²) in [5.74, 6) is 1.35. The van der Waals surface area contributed by atoms with Crippen LogP contribution in [-0.2, 0) is 10.0 Å². The van der Waals surface area contributed by atoms with Gasteiger partial charge in [-0.05, 0) is 39.0 Å². The summed E-state index contributed by atoms with van der Waals surface area (Å²) in [4.78, 5) is 0. The second kappa shape index (κ2) is 6.36. The molecule has 0 amide bonds. The fourth-order valence-electron chi connectivity index (χ4n) is 2.61. The lowest BCUT2D eigenvalue weighted by Gasteiger charge is -2.13. The van der Waals surface area contributed by atoms with Gasteiger partial charge in [-0.2, -0.15) is 0 Å². The second-order valence-electron chi connectivity index (χ2n) is 5.79. The van der Waals surface area contributed by atoms with Crippen molar-refractivity contribution in [3.05, 3.63) is 41.9 Å². The number of rotatable bonds is 5. The first-order valence-corrected chi connectivity index (χ1v) is 9.50. The Kier molecular flexibility index (Phi) is 4.38. The summed E-state index contributed by atoms with van der Waals surface area (Å²) in [5.41, 5.74) is 3.61. The number of aromatic nitrogens is 3. The van der Waals surface area contributed by atoms with Gasteiger partial charge in [0.1, 0.15) is 11.6 Å². The smallest absolute Gasteiger partial charge is 0.232 e. The molecule has 1 aromatic carbocycles. The number of fused-ring (bicyclic) bond motifs is 1. The van der Waals surface area contributed by atoms with Crippen molar-refractivity contribution < 1.29 is 13.2 Å². The highest BCUT2D eigenvalue weighted by Crippen LogP contribution is 2.33. The third-order valence-electron chi connectivity index (χ3n) is 3.99. The largest absolute Gasteiger partial charge is 0.496 e. The van der Waals surface area contributed by atoms with E-state index in [9.17, 15) is 8.42 Å². The van der Waals surface area contributed by atoms with Crippen LogP contribution in [0, 0.1) is 13.8 Å². The molecule has 1 N–H and O–H groups in total. The van der Waals surface area contributed by atoms with E-state index in [1.54, 1.807) is 24.5 Å². The molecule has 2 heterocycles. The summed E-state index contributed by atoms with van der Waals surface area (Å²) >= 11 is 0. The second-order valence-corrected chi connectivity index (χ2v) is 7.80. The Balaban J connectivity index is 2.27. The molecule has 0 saturated heterocycles. The number of nitrogens with zero attached hydrogens (tertiary/aromatic N) is 3. The van der Waals surface area contributed by atoms with E-state index in [-0.39, 0.29) is 5.75 Å². The number of hydrogen-bond donors (Lipinski definition) is 1. The molecule has 8 heteroatoms. The van der Waals surface area contributed by atoms with Gasteiger partial charge in [-0.15, -0.1) is 10.2 Å². The van der Waals surface area contributed by atoms with E-state index in [0.29, 0.717) is 22.9 Å².